The Morgan fingerprint density at radius 3 is 2.77 bits per heavy atom. The molecule has 1 aromatic carbocycles. The van der Waals surface area contributed by atoms with Crippen molar-refractivity contribution in [3.05, 3.63) is 39.7 Å². The van der Waals surface area contributed by atoms with Crippen molar-refractivity contribution in [3.63, 3.8) is 0 Å². The van der Waals surface area contributed by atoms with E-state index in [1.165, 1.54) is 18.2 Å². The van der Waals surface area contributed by atoms with E-state index in [0.717, 1.165) is 0 Å². The van der Waals surface area contributed by atoms with Crippen LogP contribution in [0.2, 0.25) is 0 Å². The number of nitro groups is 1. The summed E-state index contributed by atoms with van der Waals surface area (Å²) in [5.41, 5.74) is -0.136. The predicted octanol–water partition coefficient (Wildman–Crippen LogP) is 2.52. The molecule has 5 heteroatoms. The maximum Gasteiger partial charge on any atom is 0.275 e. The molecule has 0 atom stereocenters. The Morgan fingerprint density at radius 2 is 2.23 bits per heavy atom. The molecule has 3 nitrogen and oxygen atoms in total. The third-order valence-corrected chi connectivity index (χ3v) is 1.82. The number of alkyl halides is 1. The van der Waals surface area contributed by atoms with Crippen molar-refractivity contribution >= 4 is 17.3 Å². The van der Waals surface area contributed by atoms with E-state index in [0.29, 0.717) is 0 Å². The van der Waals surface area contributed by atoms with Crippen LogP contribution in [0.25, 0.3) is 0 Å². The molecule has 1 aromatic rings. The number of hydrogen-bond acceptors (Lipinski definition) is 2. The van der Waals surface area contributed by atoms with Gasteiger partial charge in [0.05, 0.1) is 10.5 Å². The zero-order chi connectivity index (χ0) is 9.84. The zero-order valence-electron chi connectivity index (χ0n) is 6.67. The Morgan fingerprint density at radius 1 is 1.54 bits per heavy atom. The van der Waals surface area contributed by atoms with Gasteiger partial charge in [-0.2, -0.15) is 0 Å². The molecule has 0 radical (unpaired) electrons. The molecule has 0 N–H and O–H groups in total. The van der Waals surface area contributed by atoms with Crippen LogP contribution in [0.4, 0.5) is 10.1 Å². The van der Waals surface area contributed by atoms with Crippen molar-refractivity contribution in [1.82, 2.24) is 0 Å². The minimum Gasteiger partial charge on any atom is -0.258 e. The summed E-state index contributed by atoms with van der Waals surface area (Å²) in [5.74, 6) is -0.406. The summed E-state index contributed by atoms with van der Waals surface area (Å²) in [6.07, 6.45) is 0.171. The fraction of sp³-hybridized carbons (Fsp3) is 0.250. The Hall–Kier alpha value is -1.16. The quantitative estimate of drug-likeness (QED) is 0.430. The molecule has 0 saturated heterocycles. The molecule has 0 spiro atoms. The summed E-state index contributed by atoms with van der Waals surface area (Å²) in [5, 5.41) is 10.4. The lowest BCUT2D eigenvalue weighted by atomic mass is 10.1. The third kappa shape index (κ3) is 2.15. The van der Waals surface area contributed by atoms with Gasteiger partial charge in [0, 0.05) is 11.9 Å². The summed E-state index contributed by atoms with van der Waals surface area (Å²) in [6, 6.07) is 3.77. The van der Waals surface area contributed by atoms with E-state index in [4.69, 9.17) is 11.6 Å². The topological polar surface area (TPSA) is 43.1 Å². The second kappa shape index (κ2) is 4.18. The highest BCUT2D eigenvalue weighted by molar-refractivity contribution is 6.18. The first-order valence-electron chi connectivity index (χ1n) is 3.64. The number of nitro benzene ring substituents is 1. The molecule has 0 amide bonds. The standard InChI is InChI=1S/C8H7ClFNO2/c9-5-4-6-7(10)2-1-3-8(6)11(12)13/h1-3H,4-5H2. The van der Waals surface area contributed by atoms with Crippen LogP contribution in [0.15, 0.2) is 18.2 Å². The second-order valence-corrected chi connectivity index (χ2v) is 2.81. The van der Waals surface area contributed by atoms with E-state index in [1.807, 2.05) is 0 Å². The lowest BCUT2D eigenvalue weighted by Crippen LogP contribution is -1.99. The lowest BCUT2D eigenvalue weighted by molar-refractivity contribution is -0.385. The van der Waals surface area contributed by atoms with Crippen LogP contribution in [0.1, 0.15) is 5.56 Å². The van der Waals surface area contributed by atoms with Gasteiger partial charge in [-0.3, -0.25) is 10.1 Å². The minimum absolute atomic E-state index is 0.0718. The Labute approximate surface area is 79.3 Å². The van der Waals surface area contributed by atoms with Gasteiger partial charge in [0.2, 0.25) is 0 Å². The van der Waals surface area contributed by atoms with Gasteiger partial charge in [0.15, 0.2) is 0 Å². The molecule has 0 aromatic heterocycles. The summed E-state index contributed by atoms with van der Waals surface area (Å²) in [4.78, 5) is 9.84. The molecule has 0 fully saturated rings. The molecule has 1 rings (SSSR count). The van der Waals surface area contributed by atoms with Crippen LogP contribution in [-0.4, -0.2) is 10.8 Å². The first-order valence-corrected chi connectivity index (χ1v) is 4.18. The Balaban J connectivity index is 3.17. The van der Waals surface area contributed by atoms with E-state index in [1.54, 1.807) is 0 Å². The van der Waals surface area contributed by atoms with Crippen LogP contribution in [-0.2, 0) is 6.42 Å². The number of rotatable bonds is 3. The van der Waals surface area contributed by atoms with Crippen molar-refractivity contribution in [2.24, 2.45) is 0 Å². The summed E-state index contributed by atoms with van der Waals surface area (Å²) in [6.45, 7) is 0. The molecule has 0 bridgehead atoms. The molecule has 0 saturated carbocycles. The van der Waals surface area contributed by atoms with Gasteiger partial charge < -0.3 is 0 Å². The average molecular weight is 204 g/mol. The van der Waals surface area contributed by atoms with Gasteiger partial charge in [-0.05, 0) is 12.5 Å². The normalized spacial score (nSPS) is 10.0. The van der Waals surface area contributed by atoms with Gasteiger partial charge >= 0.3 is 0 Å². The van der Waals surface area contributed by atoms with Crippen LogP contribution in [0.5, 0.6) is 0 Å². The summed E-state index contributed by atoms with van der Waals surface area (Å²) >= 11 is 5.40. The van der Waals surface area contributed by atoms with Crippen molar-refractivity contribution in [2.75, 3.05) is 5.88 Å². The molecule has 0 aliphatic heterocycles. The van der Waals surface area contributed by atoms with Gasteiger partial charge in [0.1, 0.15) is 5.82 Å². The van der Waals surface area contributed by atoms with Crippen molar-refractivity contribution < 1.29 is 9.31 Å². The molecular weight excluding hydrogens is 197 g/mol. The van der Waals surface area contributed by atoms with Crippen molar-refractivity contribution in [1.29, 1.82) is 0 Å². The van der Waals surface area contributed by atoms with Crippen molar-refractivity contribution in [3.8, 4) is 0 Å². The van der Waals surface area contributed by atoms with Crippen molar-refractivity contribution in [2.45, 2.75) is 6.42 Å². The fourth-order valence-corrected chi connectivity index (χ4v) is 1.25. The lowest BCUT2D eigenvalue weighted by Gasteiger charge is -2.00. The molecule has 0 unspecified atom stereocenters. The first kappa shape index (κ1) is 9.92. The molecular formula is C8H7ClFNO2. The van der Waals surface area contributed by atoms with E-state index >= 15 is 0 Å². The fourth-order valence-electron chi connectivity index (χ4n) is 1.06. The highest BCUT2D eigenvalue weighted by atomic mass is 35.5. The monoisotopic (exact) mass is 203 g/mol. The van der Waals surface area contributed by atoms with E-state index in [-0.39, 0.29) is 23.6 Å². The predicted molar refractivity (Wildman–Crippen MR) is 47.5 cm³/mol. The Bertz CT molecular complexity index is 330. The highest BCUT2D eigenvalue weighted by Crippen LogP contribution is 2.21. The highest BCUT2D eigenvalue weighted by Gasteiger charge is 2.16. The number of hydrogen-bond donors (Lipinski definition) is 0. The maximum absolute atomic E-state index is 13.0. The number of benzene rings is 1. The van der Waals surface area contributed by atoms with Crippen LogP contribution in [0.3, 0.4) is 0 Å². The van der Waals surface area contributed by atoms with Gasteiger partial charge in [-0.1, -0.05) is 6.07 Å². The average Bonchev–Trinajstić information content (AvgIpc) is 2.08. The molecule has 0 aliphatic rings. The largest absolute Gasteiger partial charge is 0.275 e. The smallest absolute Gasteiger partial charge is 0.258 e. The minimum atomic E-state index is -0.606. The molecule has 0 aliphatic carbocycles. The van der Waals surface area contributed by atoms with Gasteiger partial charge in [-0.25, -0.2) is 4.39 Å². The molecule has 0 heterocycles. The van der Waals surface area contributed by atoms with Gasteiger partial charge in [-0.15, -0.1) is 11.6 Å². The third-order valence-electron chi connectivity index (χ3n) is 1.64. The number of nitrogens with zero attached hydrogens (tertiary/aromatic N) is 1. The molecule has 13 heavy (non-hydrogen) atoms. The van der Waals surface area contributed by atoms with Crippen LogP contribution >= 0.6 is 11.6 Å². The summed E-state index contributed by atoms with van der Waals surface area (Å²) < 4.78 is 13.0. The van der Waals surface area contributed by atoms with E-state index in [2.05, 4.69) is 0 Å². The van der Waals surface area contributed by atoms with E-state index < -0.39 is 10.7 Å². The summed E-state index contributed by atoms with van der Waals surface area (Å²) in [7, 11) is 0. The SMILES string of the molecule is O=[N+]([O-])c1cccc(F)c1CCCl. The molecule has 70 valence electrons. The Kier molecular flexibility index (Phi) is 3.19. The number of halogens is 2. The van der Waals surface area contributed by atoms with E-state index in [9.17, 15) is 14.5 Å². The van der Waals surface area contributed by atoms with Gasteiger partial charge in [0.25, 0.3) is 5.69 Å². The van der Waals surface area contributed by atoms with Crippen LogP contribution in [0, 0.1) is 15.9 Å². The van der Waals surface area contributed by atoms with Crippen LogP contribution < -0.4 is 0 Å². The maximum atomic E-state index is 13.0. The first-order chi connectivity index (χ1) is 6.16. The zero-order valence-corrected chi connectivity index (χ0v) is 7.42. The second-order valence-electron chi connectivity index (χ2n) is 2.43.